The molecule has 2 heterocycles. The lowest BCUT2D eigenvalue weighted by Crippen LogP contribution is -2.29. The third-order valence-corrected chi connectivity index (χ3v) is 6.04. The summed E-state index contributed by atoms with van der Waals surface area (Å²) in [5, 5.41) is 3.18. The van der Waals surface area contributed by atoms with Crippen molar-refractivity contribution in [3.8, 4) is 0 Å². The minimum absolute atomic E-state index is 0.302. The second-order valence-corrected chi connectivity index (χ2v) is 7.74. The lowest BCUT2D eigenvalue weighted by atomic mass is 10.1. The van der Waals surface area contributed by atoms with Gasteiger partial charge >= 0.3 is 0 Å². The Bertz CT molecular complexity index is 493. The third kappa shape index (κ3) is 4.25. The Morgan fingerprint density at radius 3 is 3.00 bits per heavy atom. The Morgan fingerprint density at radius 1 is 1.47 bits per heavy atom. The predicted octanol–water partition coefficient (Wildman–Crippen LogP) is 1.17. The fourth-order valence-corrected chi connectivity index (χ4v) is 4.37. The second-order valence-electron chi connectivity index (χ2n) is 4.58. The van der Waals surface area contributed by atoms with Crippen LogP contribution in [0.25, 0.3) is 0 Å². The average molecular weight is 304 g/mol. The minimum atomic E-state index is -3.37. The zero-order valence-corrected chi connectivity index (χ0v) is 12.6. The van der Waals surface area contributed by atoms with Crippen LogP contribution in [0.5, 0.6) is 0 Å². The number of thiophene rings is 1. The third-order valence-electron chi connectivity index (χ3n) is 3.04. The van der Waals surface area contributed by atoms with Gasteiger partial charge < -0.3 is 10.1 Å². The molecule has 7 heteroatoms. The van der Waals surface area contributed by atoms with Gasteiger partial charge in [0.1, 0.15) is 4.21 Å². The molecule has 0 radical (unpaired) electrons. The number of rotatable bonds is 7. The first kappa shape index (κ1) is 14.9. The summed E-state index contributed by atoms with van der Waals surface area (Å²) in [6.45, 7) is 5.46. The molecule has 0 spiro atoms. The molecule has 2 N–H and O–H groups in total. The van der Waals surface area contributed by atoms with Crippen LogP contribution in [-0.2, 0) is 21.3 Å². The Hall–Kier alpha value is -0.470. The van der Waals surface area contributed by atoms with E-state index in [1.807, 2.05) is 13.0 Å². The van der Waals surface area contributed by atoms with Gasteiger partial charge in [-0.15, -0.1) is 11.3 Å². The quantitative estimate of drug-likeness (QED) is 0.793. The summed E-state index contributed by atoms with van der Waals surface area (Å²) in [6.07, 6.45) is 0.929. The van der Waals surface area contributed by atoms with Crippen molar-refractivity contribution in [1.29, 1.82) is 0 Å². The Kier molecular flexibility index (Phi) is 5.35. The summed E-state index contributed by atoms with van der Waals surface area (Å²) >= 11 is 1.32. The lowest BCUT2D eigenvalue weighted by molar-refractivity contribution is 0.186. The SMILES string of the molecule is CCNCc1ccc(S(=O)(=O)NCC2CCOC2)s1. The molecule has 1 aromatic rings. The normalized spacial score (nSPS) is 19.9. The van der Waals surface area contributed by atoms with Crippen LogP contribution in [0.1, 0.15) is 18.2 Å². The molecule has 0 aromatic carbocycles. The number of ether oxygens (including phenoxy) is 1. The molecule has 1 saturated heterocycles. The first-order valence-corrected chi connectivity index (χ1v) is 8.78. The lowest BCUT2D eigenvalue weighted by Gasteiger charge is -2.08. The summed E-state index contributed by atoms with van der Waals surface area (Å²) in [6, 6.07) is 3.53. The van der Waals surface area contributed by atoms with E-state index in [9.17, 15) is 8.42 Å². The largest absolute Gasteiger partial charge is 0.381 e. The van der Waals surface area contributed by atoms with Crippen LogP contribution in [-0.4, -0.2) is 34.7 Å². The number of hydrogen-bond donors (Lipinski definition) is 2. The molecule has 1 unspecified atom stereocenters. The molecule has 0 aliphatic carbocycles. The summed E-state index contributed by atoms with van der Waals surface area (Å²) in [5.74, 6) is 0.302. The molecule has 0 bridgehead atoms. The molecule has 5 nitrogen and oxygen atoms in total. The van der Waals surface area contributed by atoms with Gasteiger partial charge in [-0.2, -0.15) is 0 Å². The van der Waals surface area contributed by atoms with Gasteiger partial charge in [0.2, 0.25) is 10.0 Å². The Balaban J connectivity index is 1.92. The van der Waals surface area contributed by atoms with Gasteiger partial charge in [0.05, 0.1) is 6.61 Å². The van der Waals surface area contributed by atoms with E-state index < -0.39 is 10.0 Å². The fraction of sp³-hybridized carbons (Fsp3) is 0.667. The van der Waals surface area contributed by atoms with Crippen molar-refractivity contribution in [3.05, 3.63) is 17.0 Å². The van der Waals surface area contributed by atoms with E-state index in [-0.39, 0.29) is 0 Å². The number of hydrogen-bond acceptors (Lipinski definition) is 5. The van der Waals surface area contributed by atoms with Crippen molar-refractivity contribution in [3.63, 3.8) is 0 Å². The van der Waals surface area contributed by atoms with Crippen LogP contribution >= 0.6 is 11.3 Å². The monoisotopic (exact) mass is 304 g/mol. The maximum absolute atomic E-state index is 12.1. The number of nitrogens with one attached hydrogen (secondary N) is 2. The predicted molar refractivity (Wildman–Crippen MR) is 75.8 cm³/mol. The van der Waals surface area contributed by atoms with Crippen LogP contribution in [0.4, 0.5) is 0 Å². The molecule has 1 aromatic heterocycles. The van der Waals surface area contributed by atoms with E-state index >= 15 is 0 Å². The van der Waals surface area contributed by atoms with Crippen LogP contribution in [0.15, 0.2) is 16.3 Å². The van der Waals surface area contributed by atoms with Gasteiger partial charge in [-0.1, -0.05) is 6.92 Å². The van der Waals surface area contributed by atoms with Gasteiger partial charge in [0.15, 0.2) is 0 Å². The highest BCUT2D eigenvalue weighted by atomic mass is 32.2. The molecule has 1 atom stereocenters. The van der Waals surface area contributed by atoms with Crippen molar-refractivity contribution in [1.82, 2.24) is 10.0 Å². The van der Waals surface area contributed by atoms with Gasteiger partial charge in [-0.05, 0) is 31.0 Å². The molecule has 1 aliphatic rings. The van der Waals surface area contributed by atoms with Gasteiger partial charge in [-0.25, -0.2) is 13.1 Å². The fourth-order valence-electron chi connectivity index (χ4n) is 1.89. The first-order chi connectivity index (χ1) is 9.12. The summed E-state index contributed by atoms with van der Waals surface area (Å²) < 4.78 is 32.5. The molecule has 19 heavy (non-hydrogen) atoms. The van der Waals surface area contributed by atoms with Gasteiger partial charge in [-0.3, -0.25) is 0 Å². The van der Waals surface area contributed by atoms with Gasteiger partial charge in [0, 0.05) is 24.6 Å². The van der Waals surface area contributed by atoms with E-state index in [1.54, 1.807) is 6.07 Å². The Labute approximate surface area is 118 Å². The van der Waals surface area contributed by atoms with Crippen molar-refractivity contribution in [2.45, 2.75) is 24.1 Å². The zero-order chi connectivity index (χ0) is 13.7. The topological polar surface area (TPSA) is 67.4 Å². The summed E-state index contributed by atoms with van der Waals surface area (Å²) in [4.78, 5) is 1.03. The minimum Gasteiger partial charge on any atom is -0.381 e. The zero-order valence-electron chi connectivity index (χ0n) is 11.0. The van der Waals surface area contributed by atoms with Crippen molar-refractivity contribution >= 4 is 21.4 Å². The van der Waals surface area contributed by atoms with E-state index in [1.165, 1.54) is 11.3 Å². The first-order valence-electron chi connectivity index (χ1n) is 6.48. The van der Waals surface area contributed by atoms with Crippen LogP contribution in [0, 0.1) is 5.92 Å². The molecule has 0 amide bonds. The van der Waals surface area contributed by atoms with Crippen LogP contribution < -0.4 is 10.0 Å². The van der Waals surface area contributed by atoms with Gasteiger partial charge in [0.25, 0.3) is 0 Å². The molecule has 1 fully saturated rings. The van der Waals surface area contributed by atoms with E-state index in [0.29, 0.717) is 29.8 Å². The molecule has 2 rings (SSSR count). The standard InChI is InChI=1S/C12H20N2O3S2/c1-2-13-8-11-3-4-12(18-11)19(15,16)14-7-10-5-6-17-9-10/h3-4,10,13-14H,2,5-9H2,1H3. The van der Waals surface area contributed by atoms with Crippen molar-refractivity contribution < 1.29 is 13.2 Å². The molecule has 108 valence electrons. The maximum atomic E-state index is 12.1. The summed E-state index contributed by atoms with van der Waals surface area (Å²) in [7, 11) is -3.37. The second kappa shape index (κ2) is 6.81. The van der Waals surface area contributed by atoms with Crippen LogP contribution in [0.2, 0.25) is 0 Å². The van der Waals surface area contributed by atoms with Crippen molar-refractivity contribution in [2.24, 2.45) is 5.92 Å². The molecular weight excluding hydrogens is 284 g/mol. The highest BCUT2D eigenvalue weighted by Crippen LogP contribution is 2.22. The van der Waals surface area contributed by atoms with E-state index in [2.05, 4.69) is 10.0 Å². The highest BCUT2D eigenvalue weighted by molar-refractivity contribution is 7.91. The Morgan fingerprint density at radius 2 is 2.32 bits per heavy atom. The molecular formula is C12H20N2O3S2. The summed E-state index contributed by atoms with van der Waals surface area (Å²) in [5.41, 5.74) is 0. The number of sulfonamides is 1. The maximum Gasteiger partial charge on any atom is 0.250 e. The van der Waals surface area contributed by atoms with Crippen molar-refractivity contribution in [2.75, 3.05) is 26.3 Å². The smallest absolute Gasteiger partial charge is 0.250 e. The van der Waals surface area contributed by atoms with Crippen LogP contribution in [0.3, 0.4) is 0 Å². The highest BCUT2D eigenvalue weighted by Gasteiger charge is 2.21. The molecule has 0 saturated carbocycles. The van der Waals surface area contributed by atoms with E-state index in [0.717, 1.165) is 24.4 Å². The van der Waals surface area contributed by atoms with E-state index in [4.69, 9.17) is 4.74 Å². The molecule has 1 aliphatic heterocycles. The average Bonchev–Trinajstić information content (AvgIpc) is 3.05.